The van der Waals surface area contributed by atoms with Gasteiger partial charge in [0.2, 0.25) is 0 Å². The Morgan fingerprint density at radius 2 is 1.95 bits per heavy atom. The number of aromatic nitrogens is 1. The predicted molar refractivity (Wildman–Crippen MR) is 81.7 cm³/mol. The minimum atomic E-state index is 0.755. The second-order valence-electron chi connectivity index (χ2n) is 4.39. The van der Waals surface area contributed by atoms with Crippen LogP contribution < -0.4 is 10.1 Å². The Labute approximate surface area is 122 Å². The first-order chi connectivity index (χ1) is 9.11. The van der Waals surface area contributed by atoms with Gasteiger partial charge in [-0.25, -0.2) is 4.98 Å². The van der Waals surface area contributed by atoms with Crippen molar-refractivity contribution in [3.05, 3.63) is 51.6 Å². The highest BCUT2D eigenvalue weighted by molar-refractivity contribution is 9.10. The van der Waals surface area contributed by atoms with Gasteiger partial charge in [0, 0.05) is 17.2 Å². The Balaban J connectivity index is 2.11. The van der Waals surface area contributed by atoms with Crippen LogP contribution in [0.5, 0.6) is 5.75 Å². The number of anilines is 1. The number of nitrogens with one attached hydrogen (secondary N) is 1. The van der Waals surface area contributed by atoms with Crippen molar-refractivity contribution >= 4 is 21.7 Å². The van der Waals surface area contributed by atoms with Crippen LogP contribution >= 0.6 is 15.9 Å². The fraction of sp³-hybridized carbons (Fsp3) is 0.267. The van der Waals surface area contributed by atoms with Gasteiger partial charge in [-0.15, -0.1) is 0 Å². The summed E-state index contributed by atoms with van der Waals surface area (Å²) in [6.45, 7) is 4.95. The smallest absolute Gasteiger partial charge is 0.126 e. The summed E-state index contributed by atoms with van der Waals surface area (Å²) in [6.07, 6.45) is 1.79. The molecule has 1 aromatic heterocycles. The molecular formula is C15H17BrN2O. The zero-order valence-electron chi connectivity index (χ0n) is 11.3. The number of hydrogen-bond acceptors (Lipinski definition) is 3. The minimum Gasteiger partial charge on any atom is -0.496 e. The summed E-state index contributed by atoms with van der Waals surface area (Å²) in [5.41, 5.74) is 3.69. The van der Waals surface area contributed by atoms with E-state index in [4.69, 9.17) is 4.74 Å². The van der Waals surface area contributed by atoms with Gasteiger partial charge in [0.05, 0.1) is 7.11 Å². The molecule has 4 heteroatoms. The van der Waals surface area contributed by atoms with E-state index in [1.807, 2.05) is 18.2 Å². The van der Waals surface area contributed by atoms with E-state index in [0.29, 0.717) is 0 Å². The fourth-order valence-electron chi connectivity index (χ4n) is 1.93. The molecule has 0 atom stereocenters. The van der Waals surface area contributed by atoms with Crippen LogP contribution in [-0.4, -0.2) is 12.1 Å². The maximum atomic E-state index is 5.32. The zero-order valence-corrected chi connectivity index (χ0v) is 12.9. The molecule has 0 spiro atoms. The maximum absolute atomic E-state index is 5.32. The van der Waals surface area contributed by atoms with E-state index in [9.17, 15) is 0 Å². The van der Waals surface area contributed by atoms with Gasteiger partial charge in [0.15, 0.2) is 0 Å². The third kappa shape index (κ3) is 3.26. The monoisotopic (exact) mass is 320 g/mol. The molecule has 0 aliphatic carbocycles. The molecule has 3 nitrogen and oxygen atoms in total. The molecular weight excluding hydrogens is 304 g/mol. The van der Waals surface area contributed by atoms with E-state index in [0.717, 1.165) is 22.6 Å². The Bertz CT molecular complexity index is 567. The van der Waals surface area contributed by atoms with Crippen molar-refractivity contribution in [2.24, 2.45) is 0 Å². The van der Waals surface area contributed by atoms with Crippen LogP contribution in [0.1, 0.15) is 16.7 Å². The van der Waals surface area contributed by atoms with Gasteiger partial charge in [0.25, 0.3) is 0 Å². The van der Waals surface area contributed by atoms with Crippen molar-refractivity contribution in [1.29, 1.82) is 0 Å². The van der Waals surface area contributed by atoms with E-state index in [1.54, 1.807) is 13.3 Å². The molecule has 1 heterocycles. The molecule has 0 aliphatic rings. The van der Waals surface area contributed by atoms with Crippen LogP contribution in [-0.2, 0) is 6.54 Å². The summed E-state index contributed by atoms with van der Waals surface area (Å²) >= 11 is 3.37. The van der Waals surface area contributed by atoms with Gasteiger partial charge in [-0.3, -0.25) is 0 Å². The lowest BCUT2D eigenvalue weighted by Gasteiger charge is -2.13. The molecule has 0 radical (unpaired) electrons. The lowest BCUT2D eigenvalue weighted by atomic mass is 10.0. The van der Waals surface area contributed by atoms with Crippen molar-refractivity contribution in [1.82, 2.24) is 4.98 Å². The van der Waals surface area contributed by atoms with Crippen LogP contribution in [0.15, 0.2) is 34.9 Å². The summed E-state index contributed by atoms with van der Waals surface area (Å²) in [6, 6.07) is 8.03. The van der Waals surface area contributed by atoms with Crippen LogP contribution in [0.2, 0.25) is 0 Å². The van der Waals surface area contributed by atoms with Crippen LogP contribution in [0, 0.1) is 13.8 Å². The predicted octanol–water partition coefficient (Wildman–Crippen LogP) is 4.08. The van der Waals surface area contributed by atoms with Gasteiger partial charge in [0.1, 0.15) is 11.6 Å². The Kier molecular flexibility index (Phi) is 4.43. The van der Waals surface area contributed by atoms with E-state index in [1.165, 1.54) is 16.7 Å². The molecule has 1 N–H and O–H groups in total. The number of hydrogen-bond donors (Lipinski definition) is 1. The average Bonchev–Trinajstić information content (AvgIpc) is 2.42. The molecule has 0 bridgehead atoms. The molecule has 0 aliphatic heterocycles. The molecule has 19 heavy (non-hydrogen) atoms. The highest BCUT2D eigenvalue weighted by atomic mass is 79.9. The van der Waals surface area contributed by atoms with Crippen LogP contribution in [0.3, 0.4) is 0 Å². The number of benzene rings is 1. The second-order valence-corrected chi connectivity index (χ2v) is 5.31. The van der Waals surface area contributed by atoms with E-state index in [-0.39, 0.29) is 0 Å². The molecule has 2 aromatic rings. The largest absolute Gasteiger partial charge is 0.496 e. The third-order valence-electron chi connectivity index (χ3n) is 3.26. The van der Waals surface area contributed by atoms with Crippen molar-refractivity contribution in [2.45, 2.75) is 20.4 Å². The molecule has 0 saturated carbocycles. The number of rotatable bonds is 4. The minimum absolute atomic E-state index is 0.755. The highest BCUT2D eigenvalue weighted by Gasteiger charge is 2.06. The van der Waals surface area contributed by atoms with Crippen molar-refractivity contribution in [3.8, 4) is 5.75 Å². The van der Waals surface area contributed by atoms with Gasteiger partial charge >= 0.3 is 0 Å². The Morgan fingerprint density at radius 1 is 1.16 bits per heavy atom. The van der Waals surface area contributed by atoms with Crippen LogP contribution in [0.4, 0.5) is 5.82 Å². The molecule has 0 unspecified atom stereocenters. The van der Waals surface area contributed by atoms with Gasteiger partial charge in [-0.05, 0) is 64.7 Å². The third-order valence-corrected chi connectivity index (χ3v) is 3.73. The number of nitrogens with zero attached hydrogens (tertiary/aromatic N) is 1. The zero-order chi connectivity index (χ0) is 13.8. The number of halogens is 1. The molecule has 0 saturated heterocycles. The van der Waals surface area contributed by atoms with Gasteiger partial charge in [-0.2, -0.15) is 0 Å². The number of pyridine rings is 1. The Morgan fingerprint density at radius 3 is 2.58 bits per heavy atom. The first kappa shape index (κ1) is 13.9. The van der Waals surface area contributed by atoms with Gasteiger partial charge in [-0.1, -0.05) is 6.07 Å². The molecule has 1 aromatic carbocycles. The van der Waals surface area contributed by atoms with Crippen molar-refractivity contribution < 1.29 is 4.74 Å². The topological polar surface area (TPSA) is 34.1 Å². The van der Waals surface area contributed by atoms with E-state index < -0.39 is 0 Å². The second kappa shape index (κ2) is 6.06. The van der Waals surface area contributed by atoms with E-state index in [2.05, 4.69) is 46.1 Å². The number of methoxy groups -OCH3 is 1. The first-order valence-electron chi connectivity index (χ1n) is 6.10. The van der Waals surface area contributed by atoms with Crippen LogP contribution in [0.25, 0.3) is 0 Å². The SMILES string of the molecule is COc1ccc(CNc2ccc(Br)cn2)c(C)c1C. The fourth-order valence-corrected chi connectivity index (χ4v) is 2.17. The van der Waals surface area contributed by atoms with Crippen molar-refractivity contribution in [2.75, 3.05) is 12.4 Å². The summed E-state index contributed by atoms with van der Waals surface area (Å²) in [7, 11) is 1.70. The average molecular weight is 321 g/mol. The molecule has 100 valence electrons. The highest BCUT2D eigenvalue weighted by Crippen LogP contribution is 2.24. The summed E-state index contributed by atoms with van der Waals surface area (Å²) in [5, 5.41) is 3.32. The van der Waals surface area contributed by atoms with Gasteiger partial charge < -0.3 is 10.1 Å². The standard InChI is InChI=1S/C15H17BrN2O/c1-10-11(2)14(19-3)6-4-12(10)8-17-15-7-5-13(16)9-18-15/h4-7,9H,8H2,1-3H3,(H,17,18). The summed E-state index contributed by atoms with van der Waals surface area (Å²) in [5.74, 6) is 1.80. The first-order valence-corrected chi connectivity index (χ1v) is 6.89. The maximum Gasteiger partial charge on any atom is 0.126 e. The normalized spacial score (nSPS) is 10.3. The summed E-state index contributed by atoms with van der Waals surface area (Å²) < 4.78 is 6.30. The Hall–Kier alpha value is -1.55. The molecule has 0 amide bonds. The lowest BCUT2D eigenvalue weighted by molar-refractivity contribution is 0.411. The lowest BCUT2D eigenvalue weighted by Crippen LogP contribution is -2.04. The van der Waals surface area contributed by atoms with Crippen molar-refractivity contribution in [3.63, 3.8) is 0 Å². The van der Waals surface area contributed by atoms with E-state index >= 15 is 0 Å². The molecule has 2 rings (SSSR count). The quantitative estimate of drug-likeness (QED) is 0.921. The molecule has 0 fully saturated rings. The summed E-state index contributed by atoms with van der Waals surface area (Å²) in [4.78, 5) is 4.30. The number of ether oxygens (including phenoxy) is 1.